The van der Waals surface area contributed by atoms with E-state index in [-0.39, 0.29) is 0 Å². The molecule has 4 heterocycles. The van der Waals surface area contributed by atoms with E-state index in [1.807, 2.05) is 30.3 Å². The highest BCUT2D eigenvalue weighted by Crippen LogP contribution is 2.43. The second-order valence-electron chi connectivity index (χ2n) is 13.0. The Balaban J connectivity index is 1.12. The number of nitrogens with zero attached hydrogens (tertiary/aromatic N) is 5. The van der Waals surface area contributed by atoms with E-state index in [2.05, 4.69) is 138 Å². The molecule has 53 heavy (non-hydrogen) atoms. The predicted molar refractivity (Wildman–Crippen MR) is 222 cm³/mol. The van der Waals surface area contributed by atoms with Gasteiger partial charge in [-0.15, -0.1) is 22.7 Å². The number of imidazole rings is 1. The highest BCUT2D eigenvalue weighted by molar-refractivity contribution is 7.26. The van der Waals surface area contributed by atoms with Crippen molar-refractivity contribution >= 4 is 74.1 Å². The summed E-state index contributed by atoms with van der Waals surface area (Å²) in [7, 11) is 0. The maximum Gasteiger partial charge on any atom is 0.165 e. The quantitative estimate of drug-likeness (QED) is 0.178. The zero-order valence-electron chi connectivity index (χ0n) is 28.1. The van der Waals surface area contributed by atoms with Crippen LogP contribution < -0.4 is 0 Å². The molecule has 11 rings (SSSR count). The molecular formula is C46H27N5S2. The van der Waals surface area contributed by atoms with Crippen molar-refractivity contribution in [2.24, 2.45) is 0 Å². The van der Waals surface area contributed by atoms with Crippen molar-refractivity contribution in [2.45, 2.75) is 0 Å². The first-order valence-electron chi connectivity index (χ1n) is 17.5. The lowest BCUT2D eigenvalue weighted by Crippen LogP contribution is -2.00. The molecule has 0 saturated heterocycles. The highest BCUT2D eigenvalue weighted by atomic mass is 32.1. The number of hydrogen-bond donors (Lipinski definition) is 0. The first-order chi connectivity index (χ1) is 26.3. The van der Waals surface area contributed by atoms with Gasteiger partial charge in [0.1, 0.15) is 5.82 Å². The molecule has 0 N–H and O–H groups in total. The summed E-state index contributed by atoms with van der Waals surface area (Å²) in [4.78, 5) is 20.7. The molecule has 0 aliphatic heterocycles. The molecule has 0 saturated carbocycles. The van der Waals surface area contributed by atoms with Gasteiger partial charge in [-0.1, -0.05) is 103 Å². The molecule has 7 aromatic carbocycles. The van der Waals surface area contributed by atoms with Crippen LogP contribution in [0.2, 0.25) is 0 Å². The van der Waals surface area contributed by atoms with Crippen molar-refractivity contribution in [3.63, 3.8) is 0 Å². The van der Waals surface area contributed by atoms with Gasteiger partial charge in [-0.3, -0.25) is 4.57 Å². The smallest absolute Gasteiger partial charge is 0.165 e. The molecule has 248 valence electrons. The van der Waals surface area contributed by atoms with Gasteiger partial charge in [-0.25, -0.2) is 19.9 Å². The van der Waals surface area contributed by atoms with E-state index in [1.165, 1.54) is 35.6 Å². The largest absolute Gasteiger partial charge is 0.292 e. The molecule has 0 bridgehead atoms. The number of para-hydroxylation sites is 3. The van der Waals surface area contributed by atoms with Crippen molar-refractivity contribution in [3.05, 3.63) is 164 Å². The topological polar surface area (TPSA) is 56.5 Å². The average Bonchev–Trinajstić information content (AvgIpc) is 3.92. The van der Waals surface area contributed by atoms with Crippen LogP contribution in [0.25, 0.3) is 103 Å². The van der Waals surface area contributed by atoms with Crippen molar-refractivity contribution in [2.75, 3.05) is 0 Å². The van der Waals surface area contributed by atoms with E-state index >= 15 is 0 Å². The SMILES string of the molecule is c1ccc(-c2nc(-c3cccc4c3sc3ccc(-c5nc6ccccc6n5-c5ccccc5)cc34)nc(-c3cccc4sc5ccccc5c34)n2)cc1. The van der Waals surface area contributed by atoms with Crippen molar-refractivity contribution < 1.29 is 0 Å². The standard InChI is InChI=1S/C46H27N5S2/c1-3-13-28(14-4-1)43-48-44(33-19-12-24-40-41(33)32-17-7-10-23-38(32)52-40)50-45(49-43)34-20-11-18-31-35-27-29(25-26-39(35)53-42(31)34)46-47-36-21-8-9-22-37(36)51(46)30-15-5-2-6-16-30/h1-27H. The number of benzene rings is 7. The Bertz CT molecular complexity index is 3180. The molecule has 0 aliphatic carbocycles. The summed E-state index contributed by atoms with van der Waals surface area (Å²) >= 11 is 3.58. The zero-order chi connectivity index (χ0) is 34.9. The lowest BCUT2D eigenvalue weighted by atomic mass is 10.0. The minimum atomic E-state index is 0.655. The minimum absolute atomic E-state index is 0.655. The average molecular weight is 714 g/mol. The van der Waals surface area contributed by atoms with Crippen LogP contribution in [0.1, 0.15) is 0 Å². The first-order valence-corrected chi connectivity index (χ1v) is 19.1. The summed E-state index contributed by atoms with van der Waals surface area (Å²) in [6.45, 7) is 0. The lowest BCUT2D eigenvalue weighted by Gasteiger charge is -2.10. The van der Waals surface area contributed by atoms with Gasteiger partial charge >= 0.3 is 0 Å². The molecular weight excluding hydrogens is 687 g/mol. The Hall–Kier alpha value is -6.54. The van der Waals surface area contributed by atoms with Crippen LogP contribution in [0, 0.1) is 0 Å². The Kier molecular flexibility index (Phi) is 6.83. The van der Waals surface area contributed by atoms with Crippen LogP contribution >= 0.6 is 22.7 Å². The van der Waals surface area contributed by atoms with Gasteiger partial charge in [0.15, 0.2) is 17.5 Å². The van der Waals surface area contributed by atoms with Crippen LogP contribution in [0.3, 0.4) is 0 Å². The molecule has 0 unspecified atom stereocenters. The molecule has 0 amide bonds. The molecule has 0 fully saturated rings. The van der Waals surface area contributed by atoms with Crippen molar-refractivity contribution in [3.8, 4) is 51.2 Å². The minimum Gasteiger partial charge on any atom is -0.292 e. The third-order valence-electron chi connectivity index (χ3n) is 9.88. The summed E-state index contributed by atoms with van der Waals surface area (Å²) in [5, 5.41) is 4.75. The van der Waals surface area contributed by atoms with Gasteiger partial charge in [0, 0.05) is 68.3 Å². The predicted octanol–water partition coefficient (Wildman–Crippen LogP) is 12.6. The summed E-state index contributed by atoms with van der Waals surface area (Å²) in [6.07, 6.45) is 0. The lowest BCUT2D eigenvalue weighted by molar-refractivity contribution is 1.08. The normalized spacial score (nSPS) is 11.8. The Morgan fingerprint density at radius 2 is 1.08 bits per heavy atom. The number of rotatable bonds is 5. The van der Waals surface area contributed by atoms with Crippen molar-refractivity contribution in [1.82, 2.24) is 24.5 Å². The van der Waals surface area contributed by atoms with Gasteiger partial charge in [-0.2, -0.15) is 0 Å². The number of thiophene rings is 2. The van der Waals surface area contributed by atoms with E-state index in [1.54, 1.807) is 22.7 Å². The van der Waals surface area contributed by atoms with E-state index < -0.39 is 0 Å². The summed E-state index contributed by atoms with van der Waals surface area (Å²) in [5.74, 6) is 2.90. The Morgan fingerprint density at radius 1 is 0.415 bits per heavy atom. The monoisotopic (exact) mass is 713 g/mol. The molecule has 7 heteroatoms. The van der Waals surface area contributed by atoms with Gasteiger partial charge in [-0.05, 0) is 60.7 Å². The van der Waals surface area contributed by atoms with Gasteiger partial charge in [0.05, 0.1) is 11.0 Å². The second kappa shape index (κ2) is 12.0. The molecule has 0 spiro atoms. The fourth-order valence-corrected chi connectivity index (χ4v) is 9.79. The number of fused-ring (bicyclic) bond motifs is 7. The molecule has 0 atom stereocenters. The summed E-state index contributed by atoms with van der Waals surface area (Å²) in [5.41, 5.74) is 7.15. The Morgan fingerprint density at radius 3 is 1.96 bits per heavy atom. The molecule has 0 radical (unpaired) electrons. The number of aromatic nitrogens is 5. The van der Waals surface area contributed by atoms with Crippen LogP contribution in [-0.4, -0.2) is 24.5 Å². The maximum atomic E-state index is 5.27. The van der Waals surface area contributed by atoms with Gasteiger partial charge in [0.2, 0.25) is 0 Å². The van der Waals surface area contributed by atoms with E-state index in [0.29, 0.717) is 17.5 Å². The van der Waals surface area contributed by atoms with E-state index in [4.69, 9.17) is 19.9 Å². The number of hydrogen-bond acceptors (Lipinski definition) is 6. The van der Waals surface area contributed by atoms with Crippen molar-refractivity contribution in [1.29, 1.82) is 0 Å². The fraction of sp³-hybridized carbons (Fsp3) is 0. The van der Waals surface area contributed by atoms with Crippen LogP contribution in [0.4, 0.5) is 0 Å². The van der Waals surface area contributed by atoms with Crippen LogP contribution in [-0.2, 0) is 0 Å². The summed E-state index contributed by atoms with van der Waals surface area (Å²) < 4.78 is 7.07. The summed E-state index contributed by atoms with van der Waals surface area (Å²) in [6, 6.07) is 57.2. The third-order valence-corrected chi connectivity index (χ3v) is 12.2. The second-order valence-corrected chi connectivity index (χ2v) is 15.2. The molecule has 5 nitrogen and oxygen atoms in total. The maximum absolute atomic E-state index is 5.27. The first kappa shape index (κ1) is 30.1. The van der Waals surface area contributed by atoms with Gasteiger partial charge < -0.3 is 0 Å². The molecule has 11 aromatic rings. The van der Waals surface area contributed by atoms with E-state index in [0.717, 1.165) is 49.5 Å². The third kappa shape index (κ3) is 4.89. The van der Waals surface area contributed by atoms with Crippen LogP contribution in [0.15, 0.2) is 164 Å². The fourth-order valence-electron chi connectivity index (χ4n) is 7.47. The Labute approximate surface area is 312 Å². The van der Waals surface area contributed by atoms with Crippen LogP contribution in [0.5, 0.6) is 0 Å². The molecule has 0 aliphatic rings. The van der Waals surface area contributed by atoms with E-state index in [9.17, 15) is 0 Å². The van der Waals surface area contributed by atoms with Gasteiger partial charge in [0.25, 0.3) is 0 Å². The zero-order valence-corrected chi connectivity index (χ0v) is 29.8. The molecule has 4 aromatic heterocycles. The highest BCUT2D eigenvalue weighted by Gasteiger charge is 2.20.